The lowest BCUT2D eigenvalue weighted by atomic mass is 10.2. The Hall–Kier alpha value is -3.96. The molecule has 0 fully saturated rings. The predicted molar refractivity (Wildman–Crippen MR) is 124 cm³/mol. The molecule has 0 bridgehead atoms. The molecule has 8 heteroatoms. The fraction of sp³-hybridized carbons (Fsp3) is 0.125. The van der Waals surface area contributed by atoms with Crippen LogP contribution in [0, 0.1) is 11.3 Å². The van der Waals surface area contributed by atoms with Crippen molar-refractivity contribution in [3.8, 4) is 17.5 Å². The zero-order chi connectivity index (χ0) is 22.3. The molecule has 4 rings (SSSR count). The van der Waals surface area contributed by atoms with Crippen molar-refractivity contribution < 1.29 is 4.79 Å². The van der Waals surface area contributed by atoms with E-state index in [2.05, 4.69) is 26.6 Å². The van der Waals surface area contributed by atoms with Crippen molar-refractivity contribution in [1.82, 2.24) is 19.7 Å². The summed E-state index contributed by atoms with van der Waals surface area (Å²) in [6.45, 7) is 2.40. The number of aromatic nitrogens is 4. The van der Waals surface area contributed by atoms with Gasteiger partial charge < -0.3 is 5.32 Å². The summed E-state index contributed by atoms with van der Waals surface area (Å²) in [6.07, 6.45) is 3.43. The second-order valence-electron chi connectivity index (χ2n) is 7.06. The molecule has 0 radical (unpaired) electrons. The van der Waals surface area contributed by atoms with Gasteiger partial charge in [0.05, 0.1) is 23.4 Å². The summed E-state index contributed by atoms with van der Waals surface area (Å²) in [5.74, 6) is 0.540. The monoisotopic (exact) mass is 440 g/mol. The lowest BCUT2D eigenvalue weighted by Crippen LogP contribution is -2.23. The van der Waals surface area contributed by atoms with Crippen LogP contribution in [0.15, 0.2) is 84.3 Å². The molecule has 0 aliphatic heterocycles. The minimum Gasteiger partial charge on any atom is -0.325 e. The summed E-state index contributed by atoms with van der Waals surface area (Å²) in [4.78, 5) is 16.9. The highest BCUT2D eigenvalue weighted by Gasteiger charge is 2.21. The zero-order valence-corrected chi connectivity index (χ0v) is 18.2. The number of hydrogen-bond donors (Lipinski definition) is 1. The molecule has 7 nitrogen and oxygen atoms in total. The zero-order valence-electron chi connectivity index (χ0n) is 17.3. The number of nitriles is 1. The number of benzene rings is 2. The SMILES string of the molecule is CC(Sc1nnc(-c2ccncc2)n1Cc1ccccc1)C(=O)Nc1cccc(C#N)c1. The third kappa shape index (κ3) is 5.02. The van der Waals surface area contributed by atoms with Gasteiger partial charge in [-0.1, -0.05) is 48.2 Å². The summed E-state index contributed by atoms with van der Waals surface area (Å²) >= 11 is 1.34. The van der Waals surface area contributed by atoms with Gasteiger partial charge in [-0.15, -0.1) is 10.2 Å². The highest BCUT2D eigenvalue weighted by molar-refractivity contribution is 8.00. The third-order valence-corrected chi connectivity index (χ3v) is 5.83. The van der Waals surface area contributed by atoms with Gasteiger partial charge in [0.2, 0.25) is 5.91 Å². The molecule has 0 aliphatic rings. The summed E-state index contributed by atoms with van der Waals surface area (Å²) < 4.78 is 2.01. The number of thioether (sulfide) groups is 1. The van der Waals surface area contributed by atoms with Crippen molar-refractivity contribution in [2.45, 2.75) is 23.9 Å². The van der Waals surface area contributed by atoms with Crippen LogP contribution < -0.4 is 5.32 Å². The maximum atomic E-state index is 12.8. The Morgan fingerprint density at radius 1 is 1.09 bits per heavy atom. The number of hydrogen-bond acceptors (Lipinski definition) is 6. The Morgan fingerprint density at radius 3 is 2.62 bits per heavy atom. The van der Waals surface area contributed by atoms with E-state index in [9.17, 15) is 4.79 Å². The van der Waals surface area contributed by atoms with Gasteiger partial charge >= 0.3 is 0 Å². The molecular formula is C24H20N6OS. The second kappa shape index (κ2) is 9.90. The maximum absolute atomic E-state index is 12.8. The molecule has 0 saturated heterocycles. The topological polar surface area (TPSA) is 96.5 Å². The van der Waals surface area contributed by atoms with Crippen LogP contribution in [0.3, 0.4) is 0 Å². The number of anilines is 1. The molecule has 1 amide bonds. The van der Waals surface area contributed by atoms with Crippen LogP contribution in [-0.2, 0) is 11.3 Å². The summed E-state index contributed by atoms with van der Waals surface area (Å²) in [6, 6.07) is 22.7. The number of nitrogens with one attached hydrogen (secondary N) is 1. The fourth-order valence-corrected chi connectivity index (χ4v) is 3.97. The molecule has 0 spiro atoms. The van der Waals surface area contributed by atoms with Crippen LogP contribution in [0.25, 0.3) is 11.4 Å². The number of carbonyl (C=O) groups excluding carboxylic acids is 1. The van der Waals surface area contributed by atoms with Crippen LogP contribution in [0.2, 0.25) is 0 Å². The fourth-order valence-electron chi connectivity index (χ4n) is 3.12. The lowest BCUT2D eigenvalue weighted by Gasteiger charge is -2.14. The van der Waals surface area contributed by atoms with E-state index in [0.29, 0.717) is 28.8 Å². The Labute approximate surface area is 190 Å². The molecule has 2 aromatic heterocycles. The molecule has 1 N–H and O–H groups in total. The Bertz CT molecular complexity index is 1250. The minimum atomic E-state index is -0.426. The number of rotatable bonds is 7. The molecule has 1 atom stereocenters. The van der Waals surface area contributed by atoms with E-state index >= 15 is 0 Å². The molecule has 32 heavy (non-hydrogen) atoms. The van der Waals surface area contributed by atoms with Gasteiger partial charge in [0.1, 0.15) is 0 Å². The van der Waals surface area contributed by atoms with Gasteiger partial charge in [0.15, 0.2) is 11.0 Å². The molecular weight excluding hydrogens is 420 g/mol. The van der Waals surface area contributed by atoms with Crippen LogP contribution in [0.4, 0.5) is 5.69 Å². The Balaban J connectivity index is 1.57. The predicted octanol–water partition coefficient (Wildman–Crippen LogP) is 4.38. The van der Waals surface area contributed by atoms with Crippen LogP contribution in [-0.4, -0.2) is 30.9 Å². The first-order valence-electron chi connectivity index (χ1n) is 9.99. The van der Waals surface area contributed by atoms with Gasteiger partial charge in [-0.2, -0.15) is 5.26 Å². The summed E-state index contributed by atoms with van der Waals surface area (Å²) in [7, 11) is 0. The van der Waals surface area contributed by atoms with E-state index < -0.39 is 5.25 Å². The van der Waals surface area contributed by atoms with Gasteiger partial charge in [-0.3, -0.25) is 14.3 Å². The maximum Gasteiger partial charge on any atom is 0.237 e. The van der Waals surface area contributed by atoms with E-state index in [1.54, 1.807) is 36.7 Å². The largest absolute Gasteiger partial charge is 0.325 e. The molecule has 158 valence electrons. The molecule has 2 heterocycles. The minimum absolute atomic E-state index is 0.176. The van der Waals surface area contributed by atoms with E-state index in [1.165, 1.54) is 11.8 Å². The number of carbonyl (C=O) groups is 1. The van der Waals surface area contributed by atoms with Gasteiger partial charge in [0.25, 0.3) is 0 Å². The van der Waals surface area contributed by atoms with Gasteiger partial charge in [-0.25, -0.2) is 0 Å². The third-order valence-electron chi connectivity index (χ3n) is 4.75. The van der Waals surface area contributed by atoms with Gasteiger partial charge in [0, 0.05) is 23.6 Å². The van der Waals surface area contributed by atoms with Crippen molar-refractivity contribution in [2.75, 3.05) is 5.32 Å². The normalized spacial score (nSPS) is 11.5. The number of amides is 1. The highest BCUT2D eigenvalue weighted by Crippen LogP contribution is 2.28. The summed E-state index contributed by atoms with van der Waals surface area (Å²) in [5, 5.41) is 20.9. The van der Waals surface area contributed by atoms with Crippen molar-refractivity contribution in [1.29, 1.82) is 5.26 Å². The molecule has 0 saturated carbocycles. The van der Waals surface area contributed by atoms with E-state index in [1.807, 2.05) is 54.0 Å². The number of pyridine rings is 1. The Kier molecular flexibility index (Phi) is 6.58. The van der Waals surface area contributed by atoms with Crippen LogP contribution in [0.5, 0.6) is 0 Å². The molecule has 2 aromatic carbocycles. The van der Waals surface area contributed by atoms with E-state index in [4.69, 9.17) is 5.26 Å². The van der Waals surface area contributed by atoms with Crippen molar-refractivity contribution in [3.63, 3.8) is 0 Å². The standard InChI is InChI=1S/C24H20N6OS/c1-17(23(31)27-21-9-5-8-19(14-21)15-25)32-24-29-28-22(20-10-12-26-13-11-20)30(24)16-18-6-3-2-4-7-18/h2-14,17H,16H2,1H3,(H,27,31). The van der Waals surface area contributed by atoms with E-state index in [-0.39, 0.29) is 5.91 Å². The molecule has 1 unspecified atom stereocenters. The van der Waals surface area contributed by atoms with Crippen LogP contribution >= 0.6 is 11.8 Å². The summed E-state index contributed by atoms with van der Waals surface area (Å²) in [5.41, 5.74) is 3.09. The molecule has 4 aromatic rings. The number of nitrogens with zero attached hydrogens (tertiary/aromatic N) is 5. The quantitative estimate of drug-likeness (QED) is 0.429. The first kappa shape index (κ1) is 21.3. The smallest absolute Gasteiger partial charge is 0.237 e. The average molecular weight is 441 g/mol. The van der Waals surface area contributed by atoms with Crippen molar-refractivity contribution in [2.24, 2.45) is 0 Å². The first-order valence-corrected chi connectivity index (χ1v) is 10.9. The van der Waals surface area contributed by atoms with Crippen LogP contribution in [0.1, 0.15) is 18.1 Å². The average Bonchev–Trinajstić information content (AvgIpc) is 3.22. The first-order chi connectivity index (χ1) is 15.6. The Morgan fingerprint density at radius 2 is 1.88 bits per heavy atom. The molecule has 0 aliphatic carbocycles. The van der Waals surface area contributed by atoms with Crippen molar-refractivity contribution in [3.05, 3.63) is 90.3 Å². The van der Waals surface area contributed by atoms with E-state index in [0.717, 1.165) is 11.1 Å². The highest BCUT2D eigenvalue weighted by atomic mass is 32.2. The lowest BCUT2D eigenvalue weighted by molar-refractivity contribution is -0.115. The second-order valence-corrected chi connectivity index (χ2v) is 8.36. The van der Waals surface area contributed by atoms with Crippen molar-refractivity contribution >= 4 is 23.4 Å². The van der Waals surface area contributed by atoms with Gasteiger partial charge in [-0.05, 0) is 42.8 Å².